The number of nitrogens with one attached hydrogen (secondary N) is 4. The first kappa shape index (κ1) is 26.1. The van der Waals surface area contributed by atoms with Gasteiger partial charge in [-0.05, 0) is 66.2 Å². The average molecular weight is 561 g/mol. The molecule has 6 amide bonds. The predicted octanol–water partition coefficient (Wildman–Crippen LogP) is 3.05. The topological polar surface area (TPSA) is 168 Å². The fourth-order valence-electron chi connectivity index (χ4n) is 4.56. The van der Waals surface area contributed by atoms with Crippen LogP contribution in [-0.2, 0) is 7.05 Å². The molecular formula is C30H20N6O6. The fraction of sp³-hybridized carbons (Fsp3) is 0.0333. The summed E-state index contributed by atoms with van der Waals surface area (Å²) in [5.74, 6) is -1.89. The Labute approximate surface area is 237 Å². The van der Waals surface area contributed by atoms with E-state index in [9.17, 15) is 28.8 Å². The first-order valence-electron chi connectivity index (χ1n) is 12.6. The molecule has 12 nitrogen and oxygen atoms in total. The molecule has 2 aliphatic rings. The fourth-order valence-corrected chi connectivity index (χ4v) is 4.56. The summed E-state index contributed by atoms with van der Waals surface area (Å²) in [5, 5.41) is 9.92. The van der Waals surface area contributed by atoms with Crippen LogP contribution in [0.3, 0.4) is 0 Å². The SMILES string of the molecule is Cn1c(/N=C/c2ccc(NC(=O)c3ccc4c(c3)C(=O)NC4=O)cc2)ccc1NC(=O)c1ccc2c(c1)C(=O)NC2=O. The molecule has 2 aliphatic heterocycles. The van der Waals surface area contributed by atoms with Gasteiger partial charge in [-0.2, -0.15) is 0 Å². The molecule has 0 aliphatic carbocycles. The number of carbonyl (C=O) groups excluding carboxylic acids is 6. The van der Waals surface area contributed by atoms with Gasteiger partial charge in [0.15, 0.2) is 0 Å². The Kier molecular flexibility index (Phi) is 6.27. The molecule has 0 atom stereocenters. The zero-order chi connectivity index (χ0) is 29.5. The molecule has 0 saturated carbocycles. The number of carbonyl (C=O) groups is 6. The van der Waals surface area contributed by atoms with Crippen molar-refractivity contribution >= 4 is 59.0 Å². The van der Waals surface area contributed by atoms with E-state index in [1.807, 2.05) is 0 Å². The third-order valence-corrected chi connectivity index (χ3v) is 6.85. The van der Waals surface area contributed by atoms with E-state index in [1.165, 1.54) is 36.4 Å². The summed E-state index contributed by atoms with van der Waals surface area (Å²) in [5.41, 5.74) is 2.54. The molecule has 0 fully saturated rings. The van der Waals surface area contributed by atoms with Gasteiger partial charge < -0.3 is 15.2 Å². The van der Waals surface area contributed by atoms with Crippen LogP contribution in [0.15, 0.2) is 77.8 Å². The second-order valence-electron chi connectivity index (χ2n) is 9.51. The molecule has 4 N–H and O–H groups in total. The lowest BCUT2D eigenvalue weighted by molar-refractivity contribution is 0.0863. The molecule has 0 saturated heterocycles. The lowest BCUT2D eigenvalue weighted by Crippen LogP contribution is -2.20. The van der Waals surface area contributed by atoms with Gasteiger partial charge in [-0.15, -0.1) is 0 Å². The van der Waals surface area contributed by atoms with Crippen molar-refractivity contribution in [2.45, 2.75) is 0 Å². The van der Waals surface area contributed by atoms with Crippen molar-refractivity contribution in [3.8, 4) is 0 Å². The second-order valence-corrected chi connectivity index (χ2v) is 9.51. The Hall–Kier alpha value is -6.17. The van der Waals surface area contributed by atoms with E-state index in [-0.39, 0.29) is 33.4 Å². The van der Waals surface area contributed by atoms with Crippen molar-refractivity contribution in [3.05, 3.63) is 112 Å². The van der Waals surface area contributed by atoms with E-state index >= 15 is 0 Å². The van der Waals surface area contributed by atoms with Crippen LogP contribution in [0.25, 0.3) is 0 Å². The van der Waals surface area contributed by atoms with Crippen LogP contribution in [0.1, 0.15) is 67.7 Å². The first-order chi connectivity index (χ1) is 20.2. The third kappa shape index (κ3) is 4.73. The maximum Gasteiger partial charge on any atom is 0.258 e. The smallest absolute Gasteiger partial charge is 0.258 e. The van der Waals surface area contributed by atoms with Crippen LogP contribution in [0, 0.1) is 0 Å². The minimum Gasteiger partial charge on any atom is -0.322 e. The summed E-state index contributed by atoms with van der Waals surface area (Å²) < 4.78 is 1.68. The highest BCUT2D eigenvalue weighted by atomic mass is 16.2. The van der Waals surface area contributed by atoms with Gasteiger partial charge in [-0.3, -0.25) is 39.4 Å². The molecular weight excluding hydrogens is 540 g/mol. The van der Waals surface area contributed by atoms with Gasteiger partial charge in [0.25, 0.3) is 35.4 Å². The van der Waals surface area contributed by atoms with Crippen LogP contribution in [0.5, 0.6) is 0 Å². The summed E-state index contributed by atoms with van der Waals surface area (Å²) in [7, 11) is 1.73. The first-order valence-corrected chi connectivity index (χ1v) is 12.6. The van der Waals surface area contributed by atoms with Crippen LogP contribution in [-0.4, -0.2) is 46.2 Å². The summed E-state index contributed by atoms with van der Waals surface area (Å²) in [6.07, 6.45) is 1.62. The molecule has 3 heterocycles. The maximum atomic E-state index is 12.8. The molecule has 1 aromatic heterocycles. The van der Waals surface area contributed by atoms with E-state index in [2.05, 4.69) is 26.3 Å². The number of aromatic nitrogens is 1. The Balaban J connectivity index is 1.09. The monoisotopic (exact) mass is 560 g/mol. The number of imide groups is 2. The summed E-state index contributed by atoms with van der Waals surface area (Å²) in [4.78, 5) is 77.1. The normalized spacial score (nSPS) is 13.5. The van der Waals surface area contributed by atoms with Gasteiger partial charge in [-0.1, -0.05) is 12.1 Å². The lowest BCUT2D eigenvalue weighted by atomic mass is 10.1. The van der Waals surface area contributed by atoms with E-state index in [4.69, 9.17) is 0 Å². The molecule has 0 bridgehead atoms. The largest absolute Gasteiger partial charge is 0.322 e. The van der Waals surface area contributed by atoms with Gasteiger partial charge >= 0.3 is 0 Å². The summed E-state index contributed by atoms with van der Waals surface area (Å²) in [6.45, 7) is 0. The molecule has 42 heavy (non-hydrogen) atoms. The lowest BCUT2D eigenvalue weighted by Gasteiger charge is -2.08. The van der Waals surface area contributed by atoms with E-state index in [1.54, 1.807) is 54.2 Å². The number of fused-ring (bicyclic) bond motifs is 2. The standard InChI is InChI=1S/C30H20N6O6/c1-36-23(10-11-24(36)33-26(38)17-5-9-20-22(13-17)30(42)35-28(20)40)31-14-15-2-6-18(7-3-15)32-25(37)16-4-8-19-21(12-16)29(41)34-27(19)39/h2-14H,1H3,(H,32,37)(H,33,38)(H,34,39,41)(H,35,40,42)/b31-14+. The number of aliphatic imine (C=N–C) groups is 1. The van der Waals surface area contributed by atoms with Gasteiger partial charge in [-0.25, -0.2) is 4.99 Å². The number of rotatable bonds is 6. The minimum absolute atomic E-state index is 0.158. The van der Waals surface area contributed by atoms with E-state index < -0.39 is 35.4 Å². The Morgan fingerprint density at radius 1 is 0.667 bits per heavy atom. The third-order valence-electron chi connectivity index (χ3n) is 6.85. The zero-order valence-electron chi connectivity index (χ0n) is 21.8. The Morgan fingerprint density at radius 2 is 1.19 bits per heavy atom. The van der Waals surface area contributed by atoms with Crippen molar-refractivity contribution in [2.75, 3.05) is 10.6 Å². The Morgan fingerprint density at radius 3 is 1.76 bits per heavy atom. The number of nitrogens with zero attached hydrogens (tertiary/aromatic N) is 2. The van der Waals surface area contributed by atoms with E-state index in [0.29, 0.717) is 17.3 Å². The molecule has 206 valence electrons. The highest BCUT2D eigenvalue weighted by Gasteiger charge is 2.28. The molecule has 0 spiro atoms. The molecule has 12 heteroatoms. The highest BCUT2D eigenvalue weighted by Crippen LogP contribution is 2.23. The van der Waals surface area contributed by atoms with Crippen molar-refractivity contribution in [2.24, 2.45) is 12.0 Å². The maximum absolute atomic E-state index is 12.8. The molecule has 0 unspecified atom stereocenters. The van der Waals surface area contributed by atoms with Crippen LogP contribution in [0.2, 0.25) is 0 Å². The number of hydrogen-bond donors (Lipinski definition) is 4. The molecule has 4 aromatic rings. The van der Waals surface area contributed by atoms with Crippen molar-refractivity contribution in [1.82, 2.24) is 15.2 Å². The zero-order valence-corrected chi connectivity index (χ0v) is 21.8. The van der Waals surface area contributed by atoms with Gasteiger partial charge in [0.2, 0.25) is 0 Å². The van der Waals surface area contributed by atoms with E-state index in [0.717, 1.165) is 5.56 Å². The molecule has 0 radical (unpaired) electrons. The van der Waals surface area contributed by atoms with Crippen LogP contribution in [0.4, 0.5) is 17.3 Å². The average Bonchev–Trinajstić information content (AvgIpc) is 3.59. The number of anilines is 2. The Bertz CT molecular complexity index is 1900. The van der Waals surface area contributed by atoms with Gasteiger partial charge in [0, 0.05) is 30.1 Å². The quantitative estimate of drug-likeness (QED) is 0.209. The predicted molar refractivity (Wildman–Crippen MR) is 151 cm³/mol. The van der Waals surface area contributed by atoms with Gasteiger partial charge in [0.1, 0.15) is 11.6 Å². The van der Waals surface area contributed by atoms with Crippen LogP contribution < -0.4 is 21.3 Å². The van der Waals surface area contributed by atoms with Gasteiger partial charge in [0.05, 0.1) is 22.3 Å². The van der Waals surface area contributed by atoms with Crippen LogP contribution >= 0.6 is 0 Å². The minimum atomic E-state index is -0.538. The number of hydrogen-bond acceptors (Lipinski definition) is 7. The van der Waals surface area contributed by atoms with Crippen molar-refractivity contribution in [3.63, 3.8) is 0 Å². The molecule has 3 aromatic carbocycles. The second kappa shape index (κ2) is 10.1. The molecule has 6 rings (SSSR count). The summed E-state index contributed by atoms with van der Waals surface area (Å²) >= 11 is 0. The highest BCUT2D eigenvalue weighted by molar-refractivity contribution is 6.23. The van der Waals surface area contributed by atoms with Crippen molar-refractivity contribution < 1.29 is 28.8 Å². The number of benzene rings is 3. The number of amides is 6. The van der Waals surface area contributed by atoms with Crippen molar-refractivity contribution in [1.29, 1.82) is 0 Å². The summed E-state index contributed by atoms with van der Waals surface area (Å²) in [6, 6.07) is 18.9.